The van der Waals surface area contributed by atoms with Crippen LogP contribution in [0, 0.1) is 5.92 Å². The molecule has 122 valence electrons. The molecule has 1 fully saturated rings. The lowest BCUT2D eigenvalue weighted by Crippen LogP contribution is -2.48. The van der Waals surface area contributed by atoms with Gasteiger partial charge in [0.2, 0.25) is 0 Å². The van der Waals surface area contributed by atoms with Crippen molar-refractivity contribution in [2.75, 3.05) is 40.5 Å². The molecule has 0 bridgehead atoms. The number of carboxylic acids is 1. The first kappa shape index (κ1) is 17.7. The number of nitrogens with one attached hydrogen (secondary N) is 1. The highest BCUT2D eigenvalue weighted by Gasteiger charge is 2.23. The number of methoxy groups -OCH3 is 1. The molecule has 0 aromatic carbocycles. The number of urea groups is 1. The number of carbonyl (C=O) groups is 2. The minimum absolute atomic E-state index is 0.341. The summed E-state index contributed by atoms with van der Waals surface area (Å²) in [6.45, 7) is 2.57. The Balaban J connectivity index is 2.38. The van der Waals surface area contributed by atoms with Gasteiger partial charge in [-0.15, -0.1) is 0 Å². The lowest BCUT2D eigenvalue weighted by Gasteiger charge is -2.28. The molecule has 2 amide bonds. The van der Waals surface area contributed by atoms with Crippen molar-refractivity contribution < 1.29 is 24.2 Å². The monoisotopic (exact) mass is 302 g/mol. The van der Waals surface area contributed by atoms with Crippen LogP contribution in [0.3, 0.4) is 0 Å². The molecule has 0 aliphatic carbocycles. The van der Waals surface area contributed by atoms with Crippen molar-refractivity contribution >= 4 is 12.0 Å². The molecule has 1 atom stereocenters. The first-order valence-corrected chi connectivity index (χ1v) is 7.35. The lowest BCUT2D eigenvalue weighted by molar-refractivity contribution is -0.139. The second kappa shape index (κ2) is 9.57. The van der Waals surface area contributed by atoms with E-state index in [9.17, 15) is 9.59 Å². The zero-order chi connectivity index (χ0) is 15.7. The summed E-state index contributed by atoms with van der Waals surface area (Å²) >= 11 is 0. The summed E-state index contributed by atoms with van der Waals surface area (Å²) in [6.07, 6.45) is 2.83. The molecule has 1 aliphatic heterocycles. The minimum atomic E-state index is -1.01. The molecular weight excluding hydrogens is 276 g/mol. The molecule has 1 unspecified atom stereocenters. The number of carboxylic acid groups (broad SMARTS) is 1. The maximum absolute atomic E-state index is 12.1. The Morgan fingerprint density at radius 3 is 2.67 bits per heavy atom. The van der Waals surface area contributed by atoms with Gasteiger partial charge in [-0.1, -0.05) is 0 Å². The van der Waals surface area contributed by atoms with E-state index in [1.807, 2.05) is 0 Å². The molecule has 1 saturated heterocycles. The van der Waals surface area contributed by atoms with E-state index in [1.54, 1.807) is 19.1 Å². The average Bonchev–Trinajstić information content (AvgIpc) is 2.47. The van der Waals surface area contributed by atoms with E-state index in [2.05, 4.69) is 5.32 Å². The third kappa shape index (κ3) is 6.77. The summed E-state index contributed by atoms with van der Waals surface area (Å²) in [5.74, 6) is -0.592. The van der Waals surface area contributed by atoms with Crippen LogP contribution in [-0.4, -0.2) is 68.6 Å². The molecule has 7 heteroatoms. The number of hydrogen-bond donors (Lipinski definition) is 2. The number of amides is 2. The van der Waals surface area contributed by atoms with Crippen LogP contribution in [0.15, 0.2) is 0 Å². The van der Waals surface area contributed by atoms with Crippen LogP contribution in [0.4, 0.5) is 4.79 Å². The average molecular weight is 302 g/mol. The summed E-state index contributed by atoms with van der Waals surface area (Å²) in [4.78, 5) is 24.8. The number of aliphatic carboxylic acids is 1. The van der Waals surface area contributed by atoms with E-state index in [4.69, 9.17) is 14.6 Å². The van der Waals surface area contributed by atoms with E-state index in [0.29, 0.717) is 31.9 Å². The SMILES string of the molecule is COCCCC(NC(=O)N(C)CC1CCOCC1)C(=O)O. The maximum atomic E-state index is 12.1. The highest BCUT2D eigenvalue weighted by molar-refractivity contribution is 5.82. The molecule has 0 spiro atoms. The normalized spacial score (nSPS) is 17.2. The Bertz CT molecular complexity index is 331. The van der Waals surface area contributed by atoms with Crippen molar-refractivity contribution in [2.45, 2.75) is 31.7 Å². The third-order valence-electron chi connectivity index (χ3n) is 3.66. The topological polar surface area (TPSA) is 88.1 Å². The smallest absolute Gasteiger partial charge is 0.326 e. The molecule has 0 aromatic rings. The van der Waals surface area contributed by atoms with Crippen molar-refractivity contribution in [3.8, 4) is 0 Å². The molecule has 0 saturated carbocycles. The van der Waals surface area contributed by atoms with E-state index in [1.165, 1.54) is 0 Å². The molecule has 0 radical (unpaired) electrons. The predicted octanol–water partition coefficient (Wildman–Crippen LogP) is 0.934. The lowest BCUT2D eigenvalue weighted by atomic mass is 10.00. The number of nitrogens with zero attached hydrogens (tertiary/aromatic N) is 1. The Morgan fingerprint density at radius 2 is 2.10 bits per heavy atom. The largest absolute Gasteiger partial charge is 0.480 e. The van der Waals surface area contributed by atoms with E-state index >= 15 is 0 Å². The molecule has 0 aromatic heterocycles. The van der Waals surface area contributed by atoms with Gasteiger partial charge in [-0.05, 0) is 31.6 Å². The molecule has 21 heavy (non-hydrogen) atoms. The van der Waals surface area contributed by atoms with E-state index < -0.39 is 12.0 Å². The third-order valence-corrected chi connectivity index (χ3v) is 3.66. The number of ether oxygens (including phenoxy) is 2. The first-order valence-electron chi connectivity index (χ1n) is 7.35. The van der Waals surface area contributed by atoms with Gasteiger partial charge in [0, 0.05) is 40.5 Å². The molecule has 7 nitrogen and oxygen atoms in total. The highest BCUT2D eigenvalue weighted by Crippen LogP contribution is 2.15. The van der Waals surface area contributed by atoms with Crippen molar-refractivity contribution in [1.29, 1.82) is 0 Å². The highest BCUT2D eigenvalue weighted by atomic mass is 16.5. The van der Waals surface area contributed by atoms with Crippen molar-refractivity contribution in [3.63, 3.8) is 0 Å². The van der Waals surface area contributed by atoms with Gasteiger partial charge in [-0.25, -0.2) is 9.59 Å². The fourth-order valence-electron chi connectivity index (χ4n) is 2.35. The van der Waals surface area contributed by atoms with Crippen LogP contribution in [0.1, 0.15) is 25.7 Å². The van der Waals surface area contributed by atoms with Gasteiger partial charge in [0.15, 0.2) is 0 Å². The van der Waals surface area contributed by atoms with Gasteiger partial charge >= 0.3 is 12.0 Å². The van der Waals surface area contributed by atoms with Crippen molar-refractivity contribution in [3.05, 3.63) is 0 Å². The fraction of sp³-hybridized carbons (Fsp3) is 0.857. The second-order valence-electron chi connectivity index (χ2n) is 5.41. The number of carbonyl (C=O) groups excluding carboxylic acids is 1. The molecule has 1 heterocycles. The molecule has 2 N–H and O–H groups in total. The van der Waals surface area contributed by atoms with Crippen LogP contribution < -0.4 is 5.32 Å². The Hall–Kier alpha value is -1.34. The van der Waals surface area contributed by atoms with Crippen LogP contribution in [0.25, 0.3) is 0 Å². The fourth-order valence-corrected chi connectivity index (χ4v) is 2.35. The zero-order valence-electron chi connectivity index (χ0n) is 12.8. The van der Waals surface area contributed by atoms with Gasteiger partial charge in [0.25, 0.3) is 0 Å². The van der Waals surface area contributed by atoms with E-state index in [-0.39, 0.29) is 6.03 Å². The summed E-state index contributed by atoms with van der Waals surface area (Å²) in [7, 11) is 3.26. The second-order valence-corrected chi connectivity index (χ2v) is 5.41. The quantitative estimate of drug-likeness (QED) is 0.651. The summed E-state index contributed by atoms with van der Waals surface area (Å²) in [6, 6.07) is -1.21. The summed E-state index contributed by atoms with van der Waals surface area (Å²) in [5.41, 5.74) is 0. The Kier molecular flexibility index (Phi) is 8.07. The summed E-state index contributed by atoms with van der Waals surface area (Å²) in [5, 5.41) is 11.7. The predicted molar refractivity (Wildman–Crippen MR) is 77.2 cm³/mol. The standard InChI is InChI=1S/C14H26N2O5/c1-16(10-11-5-8-21-9-6-11)14(19)15-12(13(17)18)4-3-7-20-2/h11-12H,3-10H2,1-2H3,(H,15,19)(H,17,18). The van der Waals surface area contributed by atoms with Crippen LogP contribution >= 0.6 is 0 Å². The van der Waals surface area contributed by atoms with Gasteiger partial charge in [-0.2, -0.15) is 0 Å². The maximum Gasteiger partial charge on any atom is 0.326 e. The van der Waals surface area contributed by atoms with Gasteiger partial charge in [-0.3, -0.25) is 0 Å². The Morgan fingerprint density at radius 1 is 1.43 bits per heavy atom. The molecule has 1 aliphatic rings. The van der Waals surface area contributed by atoms with Crippen molar-refractivity contribution in [2.24, 2.45) is 5.92 Å². The molecule has 1 rings (SSSR count). The van der Waals surface area contributed by atoms with Crippen LogP contribution in [0.2, 0.25) is 0 Å². The van der Waals surface area contributed by atoms with Crippen molar-refractivity contribution in [1.82, 2.24) is 10.2 Å². The summed E-state index contributed by atoms with van der Waals surface area (Å²) < 4.78 is 10.2. The number of rotatable bonds is 8. The molecular formula is C14H26N2O5. The van der Waals surface area contributed by atoms with E-state index in [0.717, 1.165) is 26.1 Å². The van der Waals surface area contributed by atoms with Gasteiger partial charge in [0.05, 0.1) is 0 Å². The first-order chi connectivity index (χ1) is 10.0. The number of hydrogen-bond acceptors (Lipinski definition) is 4. The van der Waals surface area contributed by atoms with Crippen LogP contribution in [-0.2, 0) is 14.3 Å². The zero-order valence-corrected chi connectivity index (χ0v) is 12.8. The minimum Gasteiger partial charge on any atom is -0.480 e. The Labute approximate surface area is 125 Å². The van der Waals surface area contributed by atoms with Crippen LogP contribution in [0.5, 0.6) is 0 Å². The van der Waals surface area contributed by atoms with Gasteiger partial charge in [0.1, 0.15) is 6.04 Å². The van der Waals surface area contributed by atoms with Gasteiger partial charge < -0.3 is 24.8 Å².